The molecule has 2 aliphatic rings. The van der Waals surface area contributed by atoms with E-state index in [0.29, 0.717) is 24.9 Å². The number of hydrogen-bond acceptors (Lipinski definition) is 8. The number of allylic oxidation sites excluding steroid dienone is 5. The number of nitrogens with zero attached hydrogens (tertiary/aromatic N) is 1. The lowest BCUT2D eigenvalue weighted by Gasteiger charge is -2.29. The van der Waals surface area contributed by atoms with E-state index in [1.807, 2.05) is 68.5 Å². The summed E-state index contributed by atoms with van der Waals surface area (Å²) in [4.78, 5) is 43.3. The number of esters is 1. The first-order valence-corrected chi connectivity index (χ1v) is 17.6. The quantitative estimate of drug-likeness (QED) is 0.244. The number of anilines is 1. The summed E-state index contributed by atoms with van der Waals surface area (Å²) in [6.45, 7) is 5.42. The minimum Gasteiger partial charge on any atom is -0.460 e. The van der Waals surface area contributed by atoms with E-state index >= 15 is 0 Å². The van der Waals surface area contributed by atoms with E-state index in [1.54, 1.807) is 30.9 Å². The lowest BCUT2D eigenvalue weighted by Crippen LogP contribution is -2.45. The van der Waals surface area contributed by atoms with Crippen molar-refractivity contribution in [1.82, 2.24) is 10.3 Å². The molecule has 1 fully saturated rings. The van der Waals surface area contributed by atoms with Gasteiger partial charge in [-0.05, 0) is 62.8 Å². The van der Waals surface area contributed by atoms with Crippen LogP contribution in [0.1, 0.15) is 77.7 Å². The highest BCUT2D eigenvalue weighted by molar-refractivity contribution is 7.17. The lowest BCUT2D eigenvalue weighted by molar-refractivity contribution is -0.156. The van der Waals surface area contributed by atoms with E-state index in [0.717, 1.165) is 53.5 Å². The van der Waals surface area contributed by atoms with Gasteiger partial charge in [0.05, 0.1) is 34.4 Å². The third-order valence-electron chi connectivity index (χ3n) is 9.03. The molecule has 2 bridgehead atoms. The number of methoxy groups -OCH3 is 1. The van der Waals surface area contributed by atoms with Gasteiger partial charge in [-0.2, -0.15) is 0 Å². The van der Waals surface area contributed by atoms with Crippen LogP contribution in [0.2, 0.25) is 0 Å². The molecule has 1 aliphatic carbocycles. The van der Waals surface area contributed by atoms with Crippen LogP contribution >= 0.6 is 11.3 Å². The number of aliphatic hydroxyl groups is 1. The van der Waals surface area contributed by atoms with Crippen LogP contribution in [0.15, 0.2) is 65.7 Å². The van der Waals surface area contributed by atoms with Gasteiger partial charge in [-0.25, -0.2) is 9.78 Å². The Hall–Kier alpha value is -3.60. The first-order chi connectivity index (χ1) is 22.7. The number of nitrogens with one attached hydrogen (secondary N) is 2. The molecule has 5 atom stereocenters. The molecule has 1 saturated carbocycles. The molecule has 1 aromatic heterocycles. The summed E-state index contributed by atoms with van der Waals surface area (Å²) in [5.41, 5.74) is 5.15. The molecule has 0 unspecified atom stereocenters. The van der Waals surface area contributed by atoms with Gasteiger partial charge in [-0.1, -0.05) is 68.7 Å². The van der Waals surface area contributed by atoms with Crippen molar-refractivity contribution in [3.05, 3.63) is 71.3 Å². The number of amides is 2. The number of carbonyl (C=O) groups is 3. The lowest BCUT2D eigenvalue weighted by atomic mass is 9.88. The van der Waals surface area contributed by atoms with Gasteiger partial charge in [0.1, 0.15) is 12.1 Å². The first kappa shape index (κ1) is 36.2. The summed E-state index contributed by atoms with van der Waals surface area (Å²) in [5, 5.41) is 17.2. The van der Waals surface area contributed by atoms with Crippen LogP contribution in [0, 0.1) is 11.8 Å². The number of aliphatic hydroxyl groups excluding tert-OH is 1. The molecule has 0 radical (unpaired) electrons. The standard InChI is InChI=1S/C37H49N3O6S/c1-24-14-13-17-28-20-29(21-31-35(28)47-23-38-31)40-33(41)22-30(45-4)18-11-6-5-7-12-19-32(25(2)34(24)42)46-37(44)26(3)39-36(43)27-15-9-8-10-16-27/h5-7,11-12,14,18,20-21,23,25-27,30,32,34,42H,8-10,13,15-17,19,22H2,1-4H3,(H,39,43)(H,40,41)/b6-5+,12-7+,18-11+,24-14-/t25-,26+,30-,32-,34-/m0/s1. The number of aryl methyl sites for hydroxylation is 1. The van der Waals surface area contributed by atoms with Crippen molar-refractivity contribution in [2.45, 2.75) is 103 Å². The molecule has 10 heteroatoms. The maximum Gasteiger partial charge on any atom is 0.328 e. The largest absolute Gasteiger partial charge is 0.460 e. The van der Waals surface area contributed by atoms with Crippen molar-refractivity contribution in [1.29, 1.82) is 0 Å². The van der Waals surface area contributed by atoms with Gasteiger partial charge in [0, 0.05) is 31.1 Å². The van der Waals surface area contributed by atoms with Gasteiger partial charge < -0.3 is 25.2 Å². The molecule has 2 amide bonds. The topological polar surface area (TPSA) is 127 Å². The third kappa shape index (κ3) is 10.7. The van der Waals surface area contributed by atoms with Gasteiger partial charge in [-0.15, -0.1) is 11.3 Å². The molecule has 1 aliphatic heterocycles. The van der Waals surface area contributed by atoms with Crippen molar-refractivity contribution in [2.75, 3.05) is 12.4 Å². The molecule has 0 saturated heterocycles. The van der Waals surface area contributed by atoms with E-state index in [9.17, 15) is 19.5 Å². The van der Waals surface area contributed by atoms with E-state index in [1.165, 1.54) is 0 Å². The summed E-state index contributed by atoms with van der Waals surface area (Å²) in [7, 11) is 1.57. The second-order valence-electron chi connectivity index (χ2n) is 12.6. The second-order valence-corrected chi connectivity index (χ2v) is 13.5. The first-order valence-electron chi connectivity index (χ1n) is 16.7. The fourth-order valence-corrected chi connectivity index (χ4v) is 6.92. The Kier molecular flexibility index (Phi) is 13.9. The molecule has 2 heterocycles. The number of carbonyl (C=O) groups excluding carboxylic acids is 3. The number of hydrogen-bond donors (Lipinski definition) is 3. The van der Waals surface area contributed by atoms with E-state index in [2.05, 4.69) is 15.6 Å². The highest BCUT2D eigenvalue weighted by Crippen LogP contribution is 2.29. The molecule has 4 rings (SSSR count). The highest BCUT2D eigenvalue weighted by Gasteiger charge is 2.31. The minimum absolute atomic E-state index is 0.0592. The molecule has 9 nitrogen and oxygen atoms in total. The smallest absolute Gasteiger partial charge is 0.328 e. The number of ether oxygens (including phenoxy) is 2. The van der Waals surface area contributed by atoms with Gasteiger partial charge in [0.2, 0.25) is 11.8 Å². The van der Waals surface area contributed by atoms with Crippen LogP contribution in [0.3, 0.4) is 0 Å². The fourth-order valence-electron chi connectivity index (χ4n) is 6.10. The Balaban J connectivity index is 1.53. The number of rotatable bonds is 5. The maximum atomic E-state index is 13.2. The normalized spacial score (nSPS) is 27.7. The van der Waals surface area contributed by atoms with E-state index in [-0.39, 0.29) is 24.2 Å². The molecule has 1 aromatic carbocycles. The van der Waals surface area contributed by atoms with Crippen LogP contribution in [-0.4, -0.2) is 59.3 Å². The van der Waals surface area contributed by atoms with Gasteiger partial charge >= 0.3 is 5.97 Å². The number of fused-ring (bicyclic) bond motifs is 4. The number of benzene rings is 1. The van der Waals surface area contributed by atoms with E-state index < -0.39 is 36.2 Å². The van der Waals surface area contributed by atoms with Gasteiger partial charge in [0.15, 0.2) is 0 Å². The van der Waals surface area contributed by atoms with Crippen molar-refractivity contribution < 1.29 is 29.0 Å². The average molecular weight is 664 g/mol. The predicted octanol–water partition coefficient (Wildman–Crippen LogP) is 6.58. The summed E-state index contributed by atoms with van der Waals surface area (Å²) < 4.78 is 12.5. The molecule has 3 N–H and O–H groups in total. The second kappa shape index (κ2) is 18.1. The maximum absolute atomic E-state index is 13.2. The van der Waals surface area contributed by atoms with Crippen LogP contribution in [-0.2, 0) is 30.3 Å². The van der Waals surface area contributed by atoms with Crippen LogP contribution in [0.25, 0.3) is 10.2 Å². The summed E-state index contributed by atoms with van der Waals surface area (Å²) in [6.07, 6.45) is 18.0. The zero-order chi connectivity index (χ0) is 33.8. The third-order valence-corrected chi connectivity index (χ3v) is 9.95. The Labute approximate surface area is 282 Å². The van der Waals surface area contributed by atoms with Crippen molar-refractivity contribution in [3.8, 4) is 0 Å². The van der Waals surface area contributed by atoms with Crippen LogP contribution in [0.5, 0.6) is 0 Å². The fraction of sp³-hybridized carbons (Fsp3) is 0.514. The Morgan fingerprint density at radius 2 is 1.89 bits per heavy atom. The van der Waals surface area contributed by atoms with Crippen molar-refractivity contribution in [2.24, 2.45) is 11.8 Å². The zero-order valence-corrected chi connectivity index (χ0v) is 28.8. The molecule has 2 aromatic rings. The summed E-state index contributed by atoms with van der Waals surface area (Å²) in [5.74, 6) is -1.24. The monoisotopic (exact) mass is 663 g/mol. The Bertz CT molecular complexity index is 1490. The molecular weight excluding hydrogens is 614 g/mol. The SMILES string of the molecule is CO[C@H]1/C=C/C=C/C=C/C[C@H](OC(=O)[C@@H](C)NC(=O)C2CCCCC2)[C@H](C)[C@@H](O)/C(C)=C\CCc2cc(cc3ncsc23)NC(=O)C1. The van der Waals surface area contributed by atoms with Crippen LogP contribution < -0.4 is 10.6 Å². The Morgan fingerprint density at radius 1 is 1.13 bits per heavy atom. The van der Waals surface area contributed by atoms with Crippen molar-refractivity contribution in [3.63, 3.8) is 0 Å². The average Bonchev–Trinajstić information content (AvgIpc) is 3.54. The molecule has 47 heavy (non-hydrogen) atoms. The molecule has 0 spiro atoms. The molecule has 254 valence electrons. The zero-order valence-electron chi connectivity index (χ0n) is 27.9. The highest BCUT2D eigenvalue weighted by atomic mass is 32.1. The van der Waals surface area contributed by atoms with Gasteiger partial charge in [-0.3, -0.25) is 9.59 Å². The minimum atomic E-state index is -0.846. The number of aromatic nitrogens is 1. The van der Waals surface area contributed by atoms with Gasteiger partial charge in [0.25, 0.3) is 0 Å². The number of thiazole rings is 1. The van der Waals surface area contributed by atoms with E-state index in [4.69, 9.17) is 9.47 Å². The summed E-state index contributed by atoms with van der Waals surface area (Å²) in [6, 6.07) is 3.07. The Morgan fingerprint density at radius 3 is 2.66 bits per heavy atom. The van der Waals surface area contributed by atoms with Crippen molar-refractivity contribution >= 4 is 45.0 Å². The molecular formula is C37H49N3O6S. The van der Waals surface area contributed by atoms with Crippen LogP contribution in [0.4, 0.5) is 5.69 Å². The summed E-state index contributed by atoms with van der Waals surface area (Å²) >= 11 is 1.56. The predicted molar refractivity (Wildman–Crippen MR) is 187 cm³/mol.